The van der Waals surface area contributed by atoms with E-state index in [-0.39, 0.29) is 42.4 Å². The first kappa shape index (κ1) is 29.2. The lowest BCUT2D eigenvalue weighted by molar-refractivity contribution is -0.0534. The highest BCUT2D eigenvalue weighted by atomic mass is 31.2. The minimum atomic E-state index is -3.95. The molecular weight excluding hydrogens is 601 g/mol. The first-order chi connectivity index (χ1) is 21.2. The Kier molecular flexibility index (Phi) is 7.58. The molecule has 7 N–H and O–H groups in total. The third kappa shape index (κ3) is 5.14. The third-order valence-electron chi connectivity index (χ3n) is 8.12. The third-order valence-corrected chi connectivity index (χ3v) is 10.2. The van der Waals surface area contributed by atoms with Gasteiger partial charge in [0.2, 0.25) is 5.95 Å². The van der Waals surface area contributed by atoms with Crippen LogP contribution in [0.25, 0.3) is 22.3 Å². The van der Waals surface area contributed by atoms with Crippen molar-refractivity contribution in [3.8, 4) is 0 Å². The van der Waals surface area contributed by atoms with Gasteiger partial charge in [0.1, 0.15) is 42.6 Å². The quantitative estimate of drug-likeness (QED) is 0.148. The van der Waals surface area contributed by atoms with E-state index in [0.29, 0.717) is 24.3 Å². The van der Waals surface area contributed by atoms with Gasteiger partial charge < -0.3 is 31.2 Å². The normalized spacial score (nSPS) is 29.2. The summed E-state index contributed by atoms with van der Waals surface area (Å²) >= 11 is 0. The molecule has 0 aromatic carbocycles. The smallest absolute Gasteiger partial charge is 0.394 e. The van der Waals surface area contributed by atoms with Crippen LogP contribution in [0.2, 0.25) is 0 Å². The highest BCUT2D eigenvalue weighted by molar-refractivity contribution is 7.51. The van der Waals surface area contributed by atoms with Gasteiger partial charge in [-0.25, -0.2) is 29.2 Å². The molecule has 0 amide bonds. The molecular formula is C24H32N11O8P. The molecule has 3 aliphatic heterocycles. The fourth-order valence-corrected chi connectivity index (χ4v) is 7.91. The van der Waals surface area contributed by atoms with Gasteiger partial charge in [-0.1, -0.05) is 0 Å². The molecule has 7 rings (SSSR count). The van der Waals surface area contributed by atoms with Gasteiger partial charge in [-0.3, -0.25) is 28.0 Å². The van der Waals surface area contributed by atoms with E-state index in [4.69, 9.17) is 30.0 Å². The Hall–Kier alpha value is -3.55. The van der Waals surface area contributed by atoms with Crippen molar-refractivity contribution in [2.24, 2.45) is 0 Å². The van der Waals surface area contributed by atoms with Crippen molar-refractivity contribution in [1.82, 2.24) is 43.7 Å². The lowest BCUT2D eigenvalue weighted by atomic mass is 10.2. The number of nitrogens with two attached hydrogens (primary N) is 2. The predicted molar refractivity (Wildman–Crippen MR) is 152 cm³/mol. The summed E-state index contributed by atoms with van der Waals surface area (Å²) < 4.78 is 43.5. The fourth-order valence-electron chi connectivity index (χ4n) is 5.88. The molecule has 4 aromatic rings. The van der Waals surface area contributed by atoms with E-state index in [1.54, 1.807) is 9.24 Å². The second-order valence-corrected chi connectivity index (χ2v) is 12.9. The van der Waals surface area contributed by atoms with Gasteiger partial charge >= 0.3 is 7.75 Å². The van der Waals surface area contributed by atoms with Crippen LogP contribution < -0.4 is 17.0 Å². The number of H-pyrrole nitrogens is 1. The van der Waals surface area contributed by atoms with E-state index >= 15 is 0 Å². The van der Waals surface area contributed by atoms with Crippen LogP contribution in [-0.2, 0) is 23.1 Å². The molecule has 0 aliphatic carbocycles. The number of ether oxygens (including phenoxy) is 2. The molecule has 3 saturated heterocycles. The van der Waals surface area contributed by atoms with Gasteiger partial charge in [0.25, 0.3) is 5.56 Å². The van der Waals surface area contributed by atoms with Crippen LogP contribution in [0.3, 0.4) is 0 Å². The lowest BCUT2D eigenvalue weighted by Crippen LogP contribution is -2.32. The van der Waals surface area contributed by atoms with E-state index in [1.165, 1.54) is 23.5 Å². The maximum absolute atomic E-state index is 14.4. The number of aliphatic hydroxyl groups is 2. The maximum Gasteiger partial charge on any atom is 0.408 e. The minimum absolute atomic E-state index is 0.0793. The van der Waals surface area contributed by atoms with Crippen molar-refractivity contribution >= 4 is 41.8 Å². The Bertz CT molecular complexity index is 1770. The number of hydrogen-bond donors (Lipinski definition) is 5. The Morgan fingerprint density at radius 2 is 1.70 bits per heavy atom. The zero-order valence-corrected chi connectivity index (χ0v) is 24.3. The Morgan fingerprint density at radius 3 is 2.48 bits per heavy atom. The number of fused-ring (bicyclic) bond motifs is 2. The first-order valence-corrected chi connectivity index (χ1v) is 15.7. The zero-order chi connectivity index (χ0) is 30.6. The number of anilines is 2. The van der Waals surface area contributed by atoms with Crippen LogP contribution in [0.15, 0.2) is 23.8 Å². The van der Waals surface area contributed by atoms with Crippen molar-refractivity contribution in [1.29, 1.82) is 0 Å². The SMILES string of the molecule is Nc1nc2c(ncn2C2CC(O)C(COP(=O)(OC3CC(n4cnc5c(N)ncnc54)OC3CO)N3CCCC3)O2)c(=O)[nH]1. The molecule has 7 heterocycles. The molecule has 44 heavy (non-hydrogen) atoms. The molecule has 4 aromatic heterocycles. The molecule has 7 atom stereocenters. The molecule has 20 heteroatoms. The van der Waals surface area contributed by atoms with Crippen LogP contribution in [-0.4, -0.2) is 105 Å². The van der Waals surface area contributed by atoms with Crippen molar-refractivity contribution in [3.05, 3.63) is 29.3 Å². The van der Waals surface area contributed by atoms with Gasteiger partial charge in [-0.2, -0.15) is 4.98 Å². The van der Waals surface area contributed by atoms with E-state index in [2.05, 4.69) is 29.9 Å². The summed E-state index contributed by atoms with van der Waals surface area (Å²) in [5, 5.41) is 21.0. The van der Waals surface area contributed by atoms with Crippen LogP contribution >= 0.6 is 7.75 Å². The largest absolute Gasteiger partial charge is 0.408 e. The second-order valence-electron chi connectivity index (χ2n) is 10.9. The monoisotopic (exact) mass is 633 g/mol. The maximum atomic E-state index is 14.4. The van der Waals surface area contributed by atoms with Crippen molar-refractivity contribution in [3.63, 3.8) is 0 Å². The molecule has 0 radical (unpaired) electrons. The molecule has 0 spiro atoms. The van der Waals surface area contributed by atoms with Crippen LogP contribution in [0.1, 0.15) is 38.1 Å². The summed E-state index contributed by atoms with van der Waals surface area (Å²) in [6.45, 7) is 0.328. The fraction of sp³-hybridized carbons (Fsp3) is 0.583. The summed E-state index contributed by atoms with van der Waals surface area (Å²) in [6.07, 6.45) is 1.36. The first-order valence-electron chi connectivity index (χ1n) is 14.2. The summed E-state index contributed by atoms with van der Waals surface area (Å²) in [7, 11) is -3.95. The molecule has 7 unspecified atom stereocenters. The summed E-state index contributed by atoms with van der Waals surface area (Å²) in [5.74, 6) is 0.142. The number of imidazole rings is 2. The lowest BCUT2D eigenvalue weighted by Gasteiger charge is -2.30. The van der Waals surface area contributed by atoms with E-state index in [0.717, 1.165) is 12.8 Å². The van der Waals surface area contributed by atoms with Gasteiger partial charge in [0.15, 0.2) is 22.6 Å². The Morgan fingerprint density at radius 1 is 1.00 bits per heavy atom. The average molecular weight is 634 g/mol. The van der Waals surface area contributed by atoms with E-state index < -0.39 is 56.8 Å². The highest BCUT2D eigenvalue weighted by Gasteiger charge is 2.47. The zero-order valence-electron chi connectivity index (χ0n) is 23.4. The molecule has 0 saturated carbocycles. The minimum Gasteiger partial charge on any atom is -0.394 e. The number of nitrogen functional groups attached to an aromatic ring is 2. The number of aliphatic hydroxyl groups excluding tert-OH is 2. The predicted octanol–water partition coefficient (Wildman–Crippen LogP) is -0.342. The van der Waals surface area contributed by atoms with Gasteiger partial charge in [0, 0.05) is 25.9 Å². The summed E-state index contributed by atoms with van der Waals surface area (Å²) in [5.41, 5.74) is 12.3. The van der Waals surface area contributed by atoms with Gasteiger partial charge in [-0.05, 0) is 12.8 Å². The van der Waals surface area contributed by atoms with E-state index in [1.807, 2.05) is 0 Å². The van der Waals surface area contributed by atoms with Gasteiger partial charge in [0.05, 0.1) is 32.0 Å². The average Bonchev–Trinajstić information content (AvgIpc) is 3.82. The second kappa shape index (κ2) is 11.4. The van der Waals surface area contributed by atoms with Crippen molar-refractivity contribution in [2.45, 2.75) is 62.6 Å². The van der Waals surface area contributed by atoms with Crippen LogP contribution in [0.5, 0.6) is 0 Å². The molecule has 0 bridgehead atoms. The van der Waals surface area contributed by atoms with E-state index in [9.17, 15) is 19.6 Å². The molecule has 19 nitrogen and oxygen atoms in total. The van der Waals surface area contributed by atoms with Gasteiger partial charge in [-0.15, -0.1) is 0 Å². The summed E-state index contributed by atoms with van der Waals surface area (Å²) in [6, 6.07) is 0. The number of aromatic nitrogens is 8. The number of nitrogens with one attached hydrogen (secondary N) is 1. The standard InChI is InChI=1S/C24H32N11O8P/c25-20-18-21(28-9-27-20)34(10-29-18)17-6-13(14(7-36)41-17)43-44(39,33-3-1-2-4-33)40-8-15-12(37)5-16(42-15)35-11-30-19-22(35)31-24(26)32-23(19)38/h9-17,36-37H,1-8H2,(H2,25,27,28)(H3,26,31,32,38). The molecule has 3 aliphatic rings. The molecule has 236 valence electrons. The van der Waals surface area contributed by atoms with Crippen molar-refractivity contribution < 1.29 is 33.3 Å². The molecule has 3 fully saturated rings. The number of nitrogens with zero attached hydrogens (tertiary/aromatic N) is 8. The van der Waals surface area contributed by atoms with Crippen molar-refractivity contribution in [2.75, 3.05) is 37.8 Å². The van der Waals surface area contributed by atoms with Crippen LogP contribution in [0.4, 0.5) is 11.8 Å². The number of aromatic amines is 1. The Balaban J connectivity index is 1.07. The number of rotatable bonds is 9. The Labute approximate surface area is 248 Å². The number of hydrogen-bond acceptors (Lipinski definition) is 15. The highest BCUT2D eigenvalue weighted by Crippen LogP contribution is 2.57. The van der Waals surface area contributed by atoms with Crippen LogP contribution in [0, 0.1) is 0 Å². The topological polar surface area (TPSA) is 257 Å². The summed E-state index contributed by atoms with van der Waals surface area (Å²) in [4.78, 5) is 35.3.